The van der Waals surface area contributed by atoms with Gasteiger partial charge in [0.25, 0.3) is 0 Å². The second-order valence-electron chi connectivity index (χ2n) is 7.88. The van der Waals surface area contributed by atoms with Crippen molar-refractivity contribution in [2.24, 2.45) is 0 Å². The van der Waals surface area contributed by atoms with Gasteiger partial charge in [0.05, 0.1) is 32.3 Å². The fraction of sp³-hybridized carbons (Fsp3) is 0.619. The van der Waals surface area contributed by atoms with Crippen molar-refractivity contribution in [3.05, 3.63) is 24.3 Å². The molecule has 0 bridgehead atoms. The molecule has 3 atom stereocenters. The molecular weight excluding hydrogens is 388 g/mol. The lowest BCUT2D eigenvalue weighted by molar-refractivity contribution is -0.141. The van der Waals surface area contributed by atoms with E-state index in [1.165, 1.54) is 0 Å². The number of likely N-dealkylation sites (N-methyl/N-ethyl adjacent to an activating group) is 1. The first kappa shape index (κ1) is 22.3. The highest BCUT2D eigenvalue weighted by molar-refractivity contribution is 5.89. The normalized spacial score (nSPS) is 24.9. The number of aliphatic hydroxyl groups excluding tert-OH is 1. The first-order valence-electron chi connectivity index (χ1n) is 10.4. The Kier molecular flexibility index (Phi) is 7.89. The number of carbonyl (C=O) groups is 2. The Labute approximate surface area is 177 Å². The van der Waals surface area contributed by atoms with Crippen LogP contribution in [0.15, 0.2) is 24.3 Å². The third-order valence-corrected chi connectivity index (χ3v) is 5.70. The number of hydrogen-bond donors (Lipinski definition) is 3. The number of aliphatic hydroxyl groups is 1. The van der Waals surface area contributed by atoms with Gasteiger partial charge in [-0.1, -0.05) is 6.07 Å². The Balaban J connectivity index is 1.47. The predicted molar refractivity (Wildman–Crippen MR) is 113 cm³/mol. The SMILES string of the molecule is COc1cccc(NC(=O)N[C@H]2CC[C@@H](CC(=O)N3CCN(C)CC3)O[C@@H]2CO)c1. The zero-order chi connectivity index (χ0) is 21.5. The summed E-state index contributed by atoms with van der Waals surface area (Å²) in [7, 11) is 3.62. The molecule has 9 nitrogen and oxygen atoms in total. The number of anilines is 1. The zero-order valence-corrected chi connectivity index (χ0v) is 17.7. The highest BCUT2D eigenvalue weighted by atomic mass is 16.5. The fourth-order valence-electron chi connectivity index (χ4n) is 3.86. The quantitative estimate of drug-likeness (QED) is 0.632. The van der Waals surface area contributed by atoms with Gasteiger partial charge in [-0.25, -0.2) is 4.79 Å². The van der Waals surface area contributed by atoms with Crippen LogP contribution in [-0.4, -0.2) is 92.0 Å². The summed E-state index contributed by atoms with van der Waals surface area (Å²) >= 11 is 0. The highest BCUT2D eigenvalue weighted by Crippen LogP contribution is 2.23. The molecule has 2 aliphatic rings. The minimum absolute atomic E-state index is 0.0898. The van der Waals surface area contributed by atoms with Crippen LogP contribution in [0, 0.1) is 0 Å². The van der Waals surface area contributed by atoms with Gasteiger partial charge < -0.3 is 35.0 Å². The number of rotatable bonds is 6. The minimum Gasteiger partial charge on any atom is -0.497 e. The Morgan fingerprint density at radius 1 is 1.23 bits per heavy atom. The number of hydrogen-bond acceptors (Lipinski definition) is 6. The first-order chi connectivity index (χ1) is 14.5. The van der Waals surface area contributed by atoms with E-state index in [1.54, 1.807) is 31.4 Å². The first-order valence-corrected chi connectivity index (χ1v) is 10.4. The molecule has 3 amide bonds. The number of carbonyl (C=O) groups excluding carboxylic acids is 2. The van der Waals surface area contributed by atoms with Gasteiger partial charge in [0.15, 0.2) is 0 Å². The van der Waals surface area contributed by atoms with Crippen LogP contribution >= 0.6 is 0 Å². The number of benzene rings is 1. The molecule has 1 aromatic rings. The van der Waals surface area contributed by atoms with Crippen LogP contribution in [0.25, 0.3) is 0 Å². The maximum absolute atomic E-state index is 12.6. The molecule has 30 heavy (non-hydrogen) atoms. The Morgan fingerprint density at radius 3 is 2.70 bits per heavy atom. The molecule has 3 rings (SSSR count). The van der Waals surface area contributed by atoms with Crippen LogP contribution in [-0.2, 0) is 9.53 Å². The van der Waals surface area contributed by atoms with E-state index in [0.29, 0.717) is 30.7 Å². The number of nitrogens with zero attached hydrogens (tertiary/aromatic N) is 2. The summed E-state index contributed by atoms with van der Waals surface area (Å²) in [6.07, 6.45) is 0.814. The number of ether oxygens (including phenoxy) is 2. The van der Waals surface area contributed by atoms with Gasteiger partial charge in [0.1, 0.15) is 11.9 Å². The molecular formula is C21H32N4O5. The summed E-state index contributed by atoms with van der Waals surface area (Å²) < 4.78 is 11.1. The lowest BCUT2D eigenvalue weighted by atomic mass is 9.97. The van der Waals surface area contributed by atoms with Crippen LogP contribution in [0.4, 0.5) is 10.5 Å². The van der Waals surface area contributed by atoms with Crippen LogP contribution in [0.2, 0.25) is 0 Å². The molecule has 0 radical (unpaired) electrons. The Hall–Kier alpha value is -2.36. The van der Waals surface area contributed by atoms with Gasteiger partial charge in [-0.05, 0) is 32.0 Å². The number of urea groups is 1. The standard InChI is InChI=1S/C21H32N4O5/c1-24-8-10-25(11-9-24)20(27)13-17-6-7-18(19(14-26)30-17)23-21(28)22-15-4-3-5-16(12-15)29-2/h3-5,12,17-19,26H,6-11,13-14H2,1-2H3,(H2,22,23,28)/t17-,18-,19+/m0/s1. The van der Waals surface area contributed by atoms with E-state index in [9.17, 15) is 14.7 Å². The third-order valence-electron chi connectivity index (χ3n) is 5.70. The van der Waals surface area contributed by atoms with Gasteiger partial charge in [0.2, 0.25) is 5.91 Å². The summed E-state index contributed by atoms with van der Waals surface area (Å²) in [5.74, 6) is 0.738. The van der Waals surface area contributed by atoms with Gasteiger partial charge in [-0.2, -0.15) is 0 Å². The largest absolute Gasteiger partial charge is 0.497 e. The molecule has 0 saturated carbocycles. The monoisotopic (exact) mass is 420 g/mol. The Morgan fingerprint density at radius 2 is 2.00 bits per heavy atom. The maximum atomic E-state index is 12.6. The molecule has 1 aromatic carbocycles. The molecule has 0 spiro atoms. The molecule has 0 aromatic heterocycles. The number of methoxy groups -OCH3 is 1. The zero-order valence-electron chi connectivity index (χ0n) is 17.7. The molecule has 2 heterocycles. The van der Waals surface area contributed by atoms with E-state index in [0.717, 1.165) is 26.2 Å². The maximum Gasteiger partial charge on any atom is 0.319 e. The summed E-state index contributed by atoms with van der Waals surface area (Å²) in [4.78, 5) is 29.0. The van der Waals surface area contributed by atoms with Crippen molar-refractivity contribution in [3.63, 3.8) is 0 Å². The summed E-state index contributed by atoms with van der Waals surface area (Å²) in [6, 6.07) is 6.38. The van der Waals surface area contributed by atoms with Crippen molar-refractivity contribution in [2.45, 2.75) is 37.5 Å². The van der Waals surface area contributed by atoms with E-state index in [-0.39, 0.29) is 30.7 Å². The smallest absolute Gasteiger partial charge is 0.319 e. The number of piperazine rings is 1. The summed E-state index contributed by atoms with van der Waals surface area (Å²) in [5, 5.41) is 15.4. The lowest BCUT2D eigenvalue weighted by Gasteiger charge is -2.37. The molecule has 2 fully saturated rings. The predicted octanol–water partition coefficient (Wildman–Crippen LogP) is 0.889. The number of nitrogens with one attached hydrogen (secondary N) is 2. The van der Waals surface area contributed by atoms with E-state index >= 15 is 0 Å². The van der Waals surface area contributed by atoms with Gasteiger partial charge >= 0.3 is 6.03 Å². The van der Waals surface area contributed by atoms with Crippen LogP contribution in [0.1, 0.15) is 19.3 Å². The number of amides is 3. The van der Waals surface area contributed by atoms with Crippen molar-refractivity contribution < 1.29 is 24.2 Å². The van der Waals surface area contributed by atoms with Crippen molar-refractivity contribution in [1.82, 2.24) is 15.1 Å². The molecule has 9 heteroatoms. The van der Waals surface area contributed by atoms with E-state index in [1.807, 2.05) is 4.90 Å². The van der Waals surface area contributed by atoms with Gasteiger partial charge in [-0.15, -0.1) is 0 Å². The van der Waals surface area contributed by atoms with Crippen LogP contribution in [0.5, 0.6) is 5.75 Å². The summed E-state index contributed by atoms with van der Waals surface area (Å²) in [6.45, 7) is 3.01. The Bertz CT molecular complexity index is 723. The summed E-state index contributed by atoms with van der Waals surface area (Å²) in [5.41, 5.74) is 0.611. The molecule has 2 aliphatic heterocycles. The fourth-order valence-corrected chi connectivity index (χ4v) is 3.86. The minimum atomic E-state index is -0.542. The molecule has 0 aliphatic carbocycles. The highest BCUT2D eigenvalue weighted by Gasteiger charge is 2.34. The van der Waals surface area contributed by atoms with Crippen molar-refractivity contribution in [3.8, 4) is 5.75 Å². The van der Waals surface area contributed by atoms with E-state index in [4.69, 9.17) is 9.47 Å². The van der Waals surface area contributed by atoms with E-state index in [2.05, 4.69) is 22.6 Å². The van der Waals surface area contributed by atoms with Crippen LogP contribution in [0.3, 0.4) is 0 Å². The molecule has 0 unspecified atom stereocenters. The second kappa shape index (κ2) is 10.6. The average Bonchev–Trinajstić information content (AvgIpc) is 2.75. The van der Waals surface area contributed by atoms with Gasteiger partial charge in [0, 0.05) is 37.9 Å². The second-order valence-corrected chi connectivity index (χ2v) is 7.88. The van der Waals surface area contributed by atoms with Crippen molar-refractivity contribution >= 4 is 17.6 Å². The molecule has 2 saturated heterocycles. The van der Waals surface area contributed by atoms with Crippen molar-refractivity contribution in [2.75, 3.05) is 52.3 Å². The molecule has 3 N–H and O–H groups in total. The van der Waals surface area contributed by atoms with Crippen molar-refractivity contribution in [1.29, 1.82) is 0 Å². The lowest BCUT2D eigenvalue weighted by Crippen LogP contribution is -2.53. The molecule has 166 valence electrons. The topological polar surface area (TPSA) is 103 Å². The average molecular weight is 421 g/mol. The van der Waals surface area contributed by atoms with Crippen LogP contribution < -0.4 is 15.4 Å². The van der Waals surface area contributed by atoms with Gasteiger partial charge in [-0.3, -0.25) is 4.79 Å². The van der Waals surface area contributed by atoms with E-state index < -0.39 is 6.10 Å². The third kappa shape index (κ3) is 6.07.